The zero-order chi connectivity index (χ0) is 23.4. The van der Waals surface area contributed by atoms with E-state index < -0.39 is 17.9 Å². The second-order valence-corrected chi connectivity index (χ2v) is 7.61. The average molecular weight is 450 g/mol. The highest BCUT2D eigenvalue weighted by molar-refractivity contribution is 5.46. The van der Waals surface area contributed by atoms with Crippen LogP contribution in [0.15, 0.2) is 78.9 Å². The van der Waals surface area contributed by atoms with Crippen molar-refractivity contribution in [1.82, 2.24) is 0 Å². The van der Waals surface area contributed by atoms with Gasteiger partial charge in [-0.05, 0) is 53.8 Å². The maximum absolute atomic E-state index is 13.5. The average Bonchev–Trinajstić information content (AvgIpc) is 2.71. The lowest BCUT2D eigenvalue weighted by Crippen LogP contribution is -2.30. The molecule has 1 atom stereocenters. The highest BCUT2D eigenvalue weighted by atomic mass is 19.4. The van der Waals surface area contributed by atoms with Crippen LogP contribution in [-0.2, 0) is 11.8 Å². The summed E-state index contributed by atoms with van der Waals surface area (Å²) in [5.41, 5.74) is 1.36. The van der Waals surface area contributed by atoms with E-state index in [-0.39, 0.29) is 11.5 Å². The Labute approximate surface area is 183 Å². The summed E-state index contributed by atoms with van der Waals surface area (Å²) >= 11 is 0. The van der Waals surface area contributed by atoms with E-state index in [1.165, 1.54) is 30.3 Å². The second-order valence-electron chi connectivity index (χ2n) is 7.61. The van der Waals surface area contributed by atoms with E-state index in [4.69, 9.17) is 4.74 Å². The van der Waals surface area contributed by atoms with Gasteiger partial charge in [0.05, 0.1) is 0 Å². The van der Waals surface area contributed by atoms with Gasteiger partial charge >= 0.3 is 12.5 Å². The van der Waals surface area contributed by atoms with Crippen molar-refractivity contribution in [2.24, 2.45) is 0 Å². The number of rotatable bonds is 8. The lowest BCUT2D eigenvalue weighted by molar-refractivity contribution is -0.274. The lowest BCUT2D eigenvalue weighted by atomic mass is 9.68. The summed E-state index contributed by atoms with van der Waals surface area (Å²) in [6.45, 7) is 2.55. The van der Waals surface area contributed by atoms with E-state index in [0.717, 1.165) is 5.56 Å². The fraction of sp³-hybridized carbons (Fsp3) is 0.280. The van der Waals surface area contributed by atoms with Gasteiger partial charge in [-0.25, -0.2) is 0 Å². The summed E-state index contributed by atoms with van der Waals surface area (Å²) in [6, 6.07) is 21.5. The zero-order valence-corrected chi connectivity index (χ0v) is 17.6. The molecule has 170 valence electrons. The van der Waals surface area contributed by atoms with Crippen LogP contribution in [0.2, 0.25) is 0 Å². The Bertz CT molecular complexity index is 967. The molecule has 0 aliphatic carbocycles. The largest absolute Gasteiger partial charge is 0.573 e. The minimum Gasteiger partial charge on any atom is -0.433 e. The summed E-state index contributed by atoms with van der Waals surface area (Å²) < 4.78 is 74.3. The van der Waals surface area contributed by atoms with Crippen LogP contribution in [0.1, 0.15) is 37.0 Å². The molecule has 0 heterocycles. The minimum atomic E-state index is -4.83. The first-order valence-electron chi connectivity index (χ1n) is 10.1. The monoisotopic (exact) mass is 450 g/mol. The SMILES string of the molecule is CCC(Cc1ccccc1)(c1cccc(OC(C)(F)F)c1)c1cccc(OC(F)(F)F)c1. The molecule has 0 aliphatic heterocycles. The second kappa shape index (κ2) is 9.18. The summed E-state index contributed by atoms with van der Waals surface area (Å²) in [5.74, 6) is -0.364. The van der Waals surface area contributed by atoms with Crippen molar-refractivity contribution in [2.45, 2.75) is 44.6 Å². The Kier molecular flexibility index (Phi) is 6.77. The molecule has 0 aromatic heterocycles. The van der Waals surface area contributed by atoms with Gasteiger partial charge in [0.1, 0.15) is 11.5 Å². The van der Waals surface area contributed by atoms with E-state index in [9.17, 15) is 22.0 Å². The molecule has 0 saturated carbocycles. The van der Waals surface area contributed by atoms with E-state index in [2.05, 4.69) is 4.74 Å². The molecule has 7 heteroatoms. The smallest absolute Gasteiger partial charge is 0.433 e. The molecule has 2 nitrogen and oxygen atoms in total. The molecule has 0 N–H and O–H groups in total. The van der Waals surface area contributed by atoms with Crippen molar-refractivity contribution >= 4 is 0 Å². The molecular formula is C25H23F5O2. The van der Waals surface area contributed by atoms with Gasteiger partial charge in [0.25, 0.3) is 0 Å². The molecule has 0 spiro atoms. The molecule has 32 heavy (non-hydrogen) atoms. The normalized spacial score (nSPS) is 14.0. The molecule has 3 rings (SSSR count). The first-order chi connectivity index (χ1) is 15.0. The van der Waals surface area contributed by atoms with Crippen LogP contribution >= 0.6 is 0 Å². The van der Waals surface area contributed by atoms with Crippen LogP contribution < -0.4 is 9.47 Å². The molecule has 0 aliphatic rings. The number of ether oxygens (including phenoxy) is 2. The van der Waals surface area contributed by atoms with Gasteiger partial charge in [-0.15, -0.1) is 13.2 Å². The van der Waals surface area contributed by atoms with Gasteiger partial charge in [0.15, 0.2) is 0 Å². The van der Waals surface area contributed by atoms with Crippen molar-refractivity contribution in [3.05, 3.63) is 95.6 Å². The first-order valence-corrected chi connectivity index (χ1v) is 10.1. The molecule has 0 amide bonds. The van der Waals surface area contributed by atoms with Crippen molar-refractivity contribution in [2.75, 3.05) is 0 Å². The summed E-state index contributed by atoms with van der Waals surface area (Å²) in [7, 11) is 0. The van der Waals surface area contributed by atoms with Crippen LogP contribution in [0.4, 0.5) is 22.0 Å². The fourth-order valence-corrected chi connectivity index (χ4v) is 3.90. The van der Waals surface area contributed by atoms with Gasteiger partial charge in [-0.3, -0.25) is 0 Å². The molecule has 1 unspecified atom stereocenters. The van der Waals surface area contributed by atoms with E-state index in [1.807, 2.05) is 37.3 Å². The van der Waals surface area contributed by atoms with E-state index in [0.29, 0.717) is 30.9 Å². The standard InChI is InChI=1S/C25H23F5O2/c1-3-24(17-18-9-5-4-6-10-18,19-11-7-13-21(15-19)31-23(2,26)27)20-12-8-14-22(16-20)32-25(28,29)30/h4-16H,3,17H2,1-2H3. The highest BCUT2D eigenvalue weighted by Crippen LogP contribution is 2.42. The number of halogens is 5. The predicted molar refractivity (Wildman–Crippen MR) is 112 cm³/mol. The Morgan fingerprint density at radius 1 is 0.688 bits per heavy atom. The Morgan fingerprint density at radius 2 is 1.22 bits per heavy atom. The predicted octanol–water partition coefficient (Wildman–Crippen LogP) is 7.52. The Hall–Kier alpha value is -3.09. The van der Waals surface area contributed by atoms with Gasteiger partial charge in [-0.2, -0.15) is 8.78 Å². The quantitative estimate of drug-likeness (QED) is 0.331. The van der Waals surface area contributed by atoms with Crippen LogP contribution in [0.3, 0.4) is 0 Å². The molecule has 0 fully saturated rings. The highest BCUT2D eigenvalue weighted by Gasteiger charge is 2.36. The number of hydrogen-bond acceptors (Lipinski definition) is 2. The van der Waals surface area contributed by atoms with Crippen LogP contribution in [0.25, 0.3) is 0 Å². The van der Waals surface area contributed by atoms with Crippen LogP contribution in [0.5, 0.6) is 11.5 Å². The maximum atomic E-state index is 13.5. The molecule has 3 aromatic carbocycles. The summed E-state index contributed by atoms with van der Waals surface area (Å²) in [5, 5.41) is 0. The van der Waals surface area contributed by atoms with Gasteiger partial charge < -0.3 is 9.47 Å². The fourth-order valence-electron chi connectivity index (χ4n) is 3.90. The number of benzene rings is 3. The third kappa shape index (κ3) is 5.99. The van der Waals surface area contributed by atoms with Crippen molar-refractivity contribution in [1.29, 1.82) is 0 Å². The van der Waals surface area contributed by atoms with Crippen molar-refractivity contribution < 1.29 is 31.4 Å². The number of alkyl halides is 5. The van der Waals surface area contributed by atoms with Gasteiger partial charge in [-0.1, -0.05) is 61.5 Å². The van der Waals surface area contributed by atoms with E-state index in [1.54, 1.807) is 18.2 Å². The lowest BCUT2D eigenvalue weighted by Gasteiger charge is -2.35. The van der Waals surface area contributed by atoms with Crippen LogP contribution in [-0.4, -0.2) is 12.5 Å². The van der Waals surface area contributed by atoms with Crippen LogP contribution in [0, 0.1) is 0 Å². The van der Waals surface area contributed by atoms with E-state index >= 15 is 0 Å². The third-order valence-electron chi connectivity index (χ3n) is 5.26. The maximum Gasteiger partial charge on any atom is 0.573 e. The molecule has 0 bridgehead atoms. The van der Waals surface area contributed by atoms with Gasteiger partial charge in [0, 0.05) is 12.3 Å². The first kappa shape index (κ1) is 23.6. The zero-order valence-electron chi connectivity index (χ0n) is 17.6. The molecule has 0 radical (unpaired) electrons. The van der Waals surface area contributed by atoms with Crippen molar-refractivity contribution in [3.8, 4) is 11.5 Å². The molecule has 3 aromatic rings. The topological polar surface area (TPSA) is 18.5 Å². The Morgan fingerprint density at radius 3 is 1.69 bits per heavy atom. The van der Waals surface area contributed by atoms with Crippen molar-refractivity contribution in [3.63, 3.8) is 0 Å². The van der Waals surface area contributed by atoms with Gasteiger partial charge in [0.2, 0.25) is 0 Å². The molecule has 0 saturated heterocycles. The summed E-state index contributed by atoms with van der Waals surface area (Å²) in [6.07, 6.45) is -7.27. The third-order valence-corrected chi connectivity index (χ3v) is 5.26. The number of hydrogen-bond donors (Lipinski definition) is 0. The minimum absolute atomic E-state index is 0.0245. The Balaban J connectivity index is 2.14. The summed E-state index contributed by atoms with van der Waals surface area (Å²) in [4.78, 5) is 0. The molecular weight excluding hydrogens is 427 g/mol.